The Bertz CT molecular complexity index is 369. The molecule has 1 aromatic carbocycles. The molecule has 0 fully saturated rings. The first-order chi connectivity index (χ1) is 9.16. The molecule has 1 atom stereocenters. The van der Waals surface area contributed by atoms with Gasteiger partial charge in [0.05, 0.1) is 6.61 Å². The van der Waals surface area contributed by atoms with E-state index in [-0.39, 0.29) is 12.2 Å². The Balaban J connectivity index is 2.24. The average Bonchev–Trinajstić information content (AvgIpc) is 2.40. The summed E-state index contributed by atoms with van der Waals surface area (Å²) >= 11 is 0. The Morgan fingerprint density at radius 3 is 2.63 bits per heavy atom. The first kappa shape index (κ1) is 16.1. The minimum Gasteiger partial charge on any atom is -0.386 e. The summed E-state index contributed by atoms with van der Waals surface area (Å²) in [4.78, 5) is 0. The monoisotopic (exact) mass is 272 g/mol. The highest BCUT2D eigenvalue weighted by atomic mass is 19.2. The van der Waals surface area contributed by atoms with Crippen molar-refractivity contribution in [2.75, 3.05) is 13.2 Å². The van der Waals surface area contributed by atoms with Gasteiger partial charge in [-0.3, -0.25) is 0 Å². The number of halogens is 2. The lowest BCUT2D eigenvalue weighted by molar-refractivity contribution is 0.0324. The summed E-state index contributed by atoms with van der Waals surface area (Å²) in [6, 6.07) is 3.77. The molecule has 0 bridgehead atoms. The number of hydrogen-bond acceptors (Lipinski definition) is 2. The second kappa shape index (κ2) is 8.99. The standard InChI is InChI=1S/C15H22F2O2/c1-2-3-4-5-6-10-19-11-14(18)12-8-7-9-13(16)15(12)17/h7-9,14,18H,2-6,10-11H2,1H3. The molecule has 0 radical (unpaired) electrons. The van der Waals surface area contributed by atoms with Crippen LogP contribution in [0, 0.1) is 11.6 Å². The third-order valence-corrected chi connectivity index (χ3v) is 3.01. The average molecular weight is 272 g/mol. The van der Waals surface area contributed by atoms with Gasteiger partial charge in [0.1, 0.15) is 6.10 Å². The van der Waals surface area contributed by atoms with Crippen molar-refractivity contribution in [3.05, 3.63) is 35.4 Å². The minimum atomic E-state index is -1.12. The van der Waals surface area contributed by atoms with Gasteiger partial charge in [-0.25, -0.2) is 8.78 Å². The number of rotatable bonds is 9. The van der Waals surface area contributed by atoms with E-state index in [4.69, 9.17) is 4.74 Å². The van der Waals surface area contributed by atoms with Crippen LogP contribution in [0.2, 0.25) is 0 Å². The molecule has 0 spiro atoms. The summed E-state index contributed by atoms with van der Waals surface area (Å²) in [5.41, 5.74) is -0.0500. The number of ether oxygens (including phenoxy) is 1. The van der Waals surface area contributed by atoms with Crippen LogP contribution in [0.1, 0.15) is 50.7 Å². The van der Waals surface area contributed by atoms with E-state index >= 15 is 0 Å². The van der Waals surface area contributed by atoms with Gasteiger partial charge in [0.2, 0.25) is 0 Å². The lowest BCUT2D eigenvalue weighted by Gasteiger charge is -2.12. The van der Waals surface area contributed by atoms with Crippen LogP contribution >= 0.6 is 0 Å². The Morgan fingerprint density at radius 1 is 1.16 bits per heavy atom. The van der Waals surface area contributed by atoms with Crippen LogP contribution in [0.15, 0.2) is 18.2 Å². The van der Waals surface area contributed by atoms with Crippen molar-refractivity contribution in [3.8, 4) is 0 Å². The van der Waals surface area contributed by atoms with Gasteiger partial charge in [0, 0.05) is 12.2 Å². The molecule has 0 saturated carbocycles. The summed E-state index contributed by atoms with van der Waals surface area (Å²) in [7, 11) is 0. The number of aliphatic hydroxyl groups is 1. The van der Waals surface area contributed by atoms with Crippen LogP contribution < -0.4 is 0 Å². The fraction of sp³-hybridized carbons (Fsp3) is 0.600. The van der Waals surface area contributed by atoms with Crippen LogP contribution in [-0.4, -0.2) is 18.3 Å². The minimum absolute atomic E-state index is 0.00580. The van der Waals surface area contributed by atoms with Crippen LogP contribution in [0.25, 0.3) is 0 Å². The Labute approximate surface area is 113 Å². The van der Waals surface area contributed by atoms with E-state index < -0.39 is 17.7 Å². The first-order valence-corrected chi connectivity index (χ1v) is 6.86. The van der Waals surface area contributed by atoms with Crippen molar-refractivity contribution in [1.82, 2.24) is 0 Å². The van der Waals surface area contributed by atoms with E-state index in [1.54, 1.807) is 0 Å². The van der Waals surface area contributed by atoms with Gasteiger partial charge >= 0.3 is 0 Å². The van der Waals surface area contributed by atoms with Crippen molar-refractivity contribution < 1.29 is 18.6 Å². The summed E-state index contributed by atoms with van der Waals surface area (Å²) in [5, 5.41) is 9.73. The van der Waals surface area contributed by atoms with Gasteiger partial charge < -0.3 is 9.84 Å². The van der Waals surface area contributed by atoms with Crippen LogP contribution in [0.3, 0.4) is 0 Å². The third kappa shape index (κ3) is 5.66. The molecule has 0 aliphatic carbocycles. The predicted molar refractivity (Wildman–Crippen MR) is 70.9 cm³/mol. The molecule has 1 unspecified atom stereocenters. The van der Waals surface area contributed by atoms with E-state index in [2.05, 4.69) is 6.92 Å². The Morgan fingerprint density at radius 2 is 1.89 bits per heavy atom. The molecule has 0 aromatic heterocycles. The first-order valence-electron chi connectivity index (χ1n) is 6.86. The topological polar surface area (TPSA) is 29.5 Å². The van der Waals surface area contributed by atoms with Crippen molar-refractivity contribution in [2.45, 2.75) is 45.1 Å². The normalized spacial score (nSPS) is 12.6. The molecule has 108 valence electrons. The van der Waals surface area contributed by atoms with Crippen molar-refractivity contribution in [3.63, 3.8) is 0 Å². The second-order valence-electron chi connectivity index (χ2n) is 4.65. The van der Waals surface area contributed by atoms with Gasteiger partial charge in [0.25, 0.3) is 0 Å². The molecular formula is C15H22F2O2. The lowest BCUT2D eigenvalue weighted by atomic mass is 10.1. The summed E-state index contributed by atoms with van der Waals surface area (Å²) in [6.07, 6.45) is 4.50. The molecule has 1 aromatic rings. The third-order valence-electron chi connectivity index (χ3n) is 3.01. The molecule has 0 saturated heterocycles. The summed E-state index contributed by atoms with van der Waals surface area (Å²) in [6.45, 7) is 2.69. The number of unbranched alkanes of at least 4 members (excludes halogenated alkanes) is 4. The Hall–Kier alpha value is -1.00. The zero-order valence-electron chi connectivity index (χ0n) is 11.4. The van der Waals surface area contributed by atoms with Gasteiger partial charge in [-0.1, -0.05) is 44.7 Å². The zero-order chi connectivity index (χ0) is 14.1. The highest BCUT2D eigenvalue weighted by molar-refractivity contribution is 5.21. The van der Waals surface area contributed by atoms with E-state index in [0.717, 1.165) is 18.9 Å². The fourth-order valence-corrected chi connectivity index (χ4v) is 1.87. The SMILES string of the molecule is CCCCCCCOCC(O)c1cccc(F)c1F. The highest BCUT2D eigenvalue weighted by Crippen LogP contribution is 2.19. The number of aliphatic hydroxyl groups excluding tert-OH is 1. The second-order valence-corrected chi connectivity index (χ2v) is 4.65. The number of benzene rings is 1. The quantitative estimate of drug-likeness (QED) is 0.689. The molecule has 2 nitrogen and oxygen atoms in total. The summed E-state index contributed by atoms with van der Waals surface area (Å²) < 4.78 is 31.6. The molecule has 4 heteroatoms. The van der Waals surface area contributed by atoms with Crippen molar-refractivity contribution in [2.24, 2.45) is 0 Å². The maximum Gasteiger partial charge on any atom is 0.164 e. The molecule has 19 heavy (non-hydrogen) atoms. The largest absolute Gasteiger partial charge is 0.386 e. The smallest absolute Gasteiger partial charge is 0.164 e. The molecule has 1 N–H and O–H groups in total. The maximum absolute atomic E-state index is 13.4. The molecule has 0 heterocycles. The molecule has 0 aliphatic rings. The lowest BCUT2D eigenvalue weighted by Crippen LogP contribution is -2.10. The van der Waals surface area contributed by atoms with E-state index in [0.29, 0.717) is 6.61 Å². The van der Waals surface area contributed by atoms with Crippen LogP contribution in [0.4, 0.5) is 8.78 Å². The molecular weight excluding hydrogens is 250 g/mol. The molecule has 0 amide bonds. The van der Waals surface area contributed by atoms with Crippen LogP contribution in [0.5, 0.6) is 0 Å². The van der Waals surface area contributed by atoms with E-state index in [9.17, 15) is 13.9 Å². The predicted octanol–water partition coefficient (Wildman–Crippen LogP) is 3.99. The Kier molecular flexibility index (Phi) is 7.60. The van der Waals surface area contributed by atoms with Gasteiger partial charge in [-0.05, 0) is 12.5 Å². The van der Waals surface area contributed by atoms with Gasteiger partial charge in [-0.15, -0.1) is 0 Å². The highest BCUT2D eigenvalue weighted by Gasteiger charge is 2.15. The maximum atomic E-state index is 13.4. The van der Waals surface area contributed by atoms with E-state index in [1.165, 1.54) is 31.4 Å². The van der Waals surface area contributed by atoms with Gasteiger partial charge in [-0.2, -0.15) is 0 Å². The zero-order valence-corrected chi connectivity index (χ0v) is 11.4. The molecule has 1 rings (SSSR count). The fourth-order valence-electron chi connectivity index (χ4n) is 1.87. The number of hydrogen-bond donors (Lipinski definition) is 1. The van der Waals surface area contributed by atoms with Gasteiger partial charge in [0.15, 0.2) is 11.6 Å². The van der Waals surface area contributed by atoms with Crippen LogP contribution in [-0.2, 0) is 4.74 Å². The summed E-state index contributed by atoms with van der Waals surface area (Å²) in [5.74, 6) is -1.95. The van der Waals surface area contributed by atoms with Crippen molar-refractivity contribution in [1.29, 1.82) is 0 Å². The van der Waals surface area contributed by atoms with Crippen molar-refractivity contribution >= 4 is 0 Å². The molecule has 0 aliphatic heterocycles. The van der Waals surface area contributed by atoms with E-state index in [1.807, 2.05) is 0 Å².